The predicted molar refractivity (Wildman–Crippen MR) is 51.0 cm³/mol. The SMILES string of the molecule is CC(C)(C)N1Cc2cnncc2C1. The van der Waals surface area contributed by atoms with E-state index in [9.17, 15) is 0 Å². The first-order valence-corrected chi connectivity index (χ1v) is 4.61. The minimum absolute atomic E-state index is 0.235. The highest BCUT2D eigenvalue weighted by Gasteiger charge is 2.27. The van der Waals surface area contributed by atoms with E-state index in [1.54, 1.807) is 0 Å². The molecule has 0 bridgehead atoms. The summed E-state index contributed by atoms with van der Waals surface area (Å²) in [6, 6.07) is 0. The van der Waals surface area contributed by atoms with Gasteiger partial charge in [-0.25, -0.2) is 0 Å². The van der Waals surface area contributed by atoms with Crippen LogP contribution in [0, 0.1) is 0 Å². The Bertz CT molecular complexity index is 289. The van der Waals surface area contributed by atoms with Crippen LogP contribution >= 0.6 is 0 Å². The third kappa shape index (κ3) is 1.56. The van der Waals surface area contributed by atoms with Gasteiger partial charge in [-0.3, -0.25) is 4.90 Å². The fraction of sp³-hybridized carbons (Fsp3) is 0.600. The van der Waals surface area contributed by atoms with E-state index in [1.807, 2.05) is 12.4 Å². The zero-order valence-electron chi connectivity index (χ0n) is 8.41. The lowest BCUT2D eigenvalue weighted by Gasteiger charge is -2.31. The maximum absolute atomic E-state index is 3.90. The lowest BCUT2D eigenvalue weighted by atomic mass is 10.1. The van der Waals surface area contributed by atoms with Gasteiger partial charge in [-0.15, -0.1) is 0 Å². The molecule has 0 N–H and O–H groups in total. The zero-order valence-corrected chi connectivity index (χ0v) is 8.41. The third-order valence-corrected chi connectivity index (χ3v) is 2.58. The average molecular weight is 177 g/mol. The molecule has 0 unspecified atom stereocenters. The van der Waals surface area contributed by atoms with Crippen molar-refractivity contribution in [2.75, 3.05) is 0 Å². The van der Waals surface area contributed by atoms with Gasteiger partial charge in [-0.2, -0.15) is 10.2 Å². The standard InChI is InChI=1S/C10H15N3/c1-10(2,3)13-6-8-4-11-12-5-9(8)7-13/h4-5H,6-7H2,1-3H3. The first-order valence-electron chi connectivity index (χ1n) is 4.61. The van der Waals surface area contributed by atoms with Crippen molar-refractivity contribution in [3.05, 3.63) is 23.5 Å². The fourth-order valence-electron chi connectivity index (χ4n) is 1.60. The Morgan fingerprint density at radius 3 is 1.92 bits per heavy atom. The van der Waals surface area contributed by atoms with Crippen LogP contribution in [0.15, 0.2) is 12.4 Å². The van der Waals surface area contributed by atoms with E-state index in [4.69, 9.17) is 0 Å². The van der Waals surface area contributed by atoms with Crippen LogP contribution in [0.3, 0.4) is 0 Å². The van der Waals surface area contributed by atoms with Crippen LogP contribution < -0.4 is 0 Å². The van der Waals surface area contributed by atoms with Gasteiger partial charge in [0.05, 0.1) is 12.4 Å². The van der Waals surface area contributed by atoms with Crippen LogP contribution in [0.5, 0.6) is 0 Å². The van der Waals surface area contributed by atoms with E-state index in [-0.39, 0.29) is 5.54 Å². The van der Waals surface area contributed by atoms with Crippen LogP contribution in [-0.4, -0.2) is 20.6 Å². The van der Waals surface area contributed by atoms with Gasteiger partial charge in [0.2, 0.25) is 0 Å². The average Bonchev–Trinajstić information content (AvgIpc) is 2.45. The lowest BCUT2D eigenvalue weighted by Crippen LogP contribution is -2.36. The molecule has 2 heterocycles. The van der Waals surface area contributed by atoms with Crippen molar-refractivity contribution < 1.29 is 0 Å². The molecule has 0 aliphatic carbocycles. The largest absolute Gasteiger partial charge is 0.290 e. The van der Waals surface area contributed by atoms with Crippen molar-refractivity contribution in [2.45, 2.75) is 39.4 Å². The Balaban J connectivity index is 2.23. The molecule has 2 rings (SSSR count). The molecule has 0 amide bonds. The monoisotopic (exact) mass is 177 g/mol. The normalized spacial score (nSPS) is 17.5. The van der Waals surface area contributed by atoms with Gasteiger partial charge in [0.25, 0.3) is 0 Å². The summed E-state index contributed by atoms with van der Waals surface area (Å²) in [5, 5.41) is 7.79. The van der Waals surface area contributed by atoms with Gasteiger partial charge < -0.3 is 0 Å². The number of hydrogen-bond donors (Lipinski definition) is 0. The van der Waals surface area contributed by atoms with Crippen molar-refractivity contribution in [2.24, 2.45) is 0 Å². The van der Waals surface area contributed by atoms with Crippen molar-refractivity contribution >= 4 is 0 Å². The molecule has 0 fully saturated rings. The highest BCUT2D eigenvalue weighted by molar-refractivity contribution is 5.25. The third-order valence-electron chi connectivity index (χ3n) is 2.58. The van der Waals surface area contributed by atoms with Crippen molar-refractivity contribution in [1.29, 1.82) is 0 Å². The Labute approximate surface area is 78.8 Å². The van der Waals surface area contributed by atoms with Gasteiger partial charge in [-0.1, -0.05) is 0 Å². The number of aromatic nitrogens is 2. The summed E-state index contributed by atoms with van der Waals surface area (Å²) in [5.74, 6) is 0. The molecule has 1 aliphatic rings. The van der Waals surface area contributed by atoms with E-state index >= 15 is 0 Å². The lowest BCUT2D eigenvalue weighted by molar-refractivity contribution is 0.136. The second-order valence-corrected chi connectivity index (χ2v) is 4.57. The van der Waals surface area contributed by atoms with Crippen molar-refractivity contribution in [1.82, 2.24) is 15.1 Å². The van der Waals surface area contributed by atoms with Crippen LogP contribution in [-0.2, 0) is 13.1 Å². The first kappa shape index (κ1) is 8.63. The molecular formula is C10H15N3. The Morgan fingerprint density at radius 2 is 1.54 bits per heavy atom. The summed E-state index contributed by atoms with van der Waals surface area (Å²) in [4.78, 5) is 2.43. The predicted octanol–water partition coefficient (Wildman–Crippen LogP) is 1.59. The number of fused-ring (bicyclic) bond motifs is 1. The van der Waals surface area contributed by atoms with Gasteiger partial charge in [0.15, 0.2) is 0 Å². The first-order chi connectivity index (χ1) is 6.07. The topological polar surface area (TPSA) is 29.0 Å². The van der Waals surface area contributed by atoms with Crippen LogP contribution in [0.1, 0.15) is 31.9 Å². The molecule has 70 valence electrons. The zero-order chi connectivity index (χ0) is 9.47. The molecule has 0 saturated carbocycles. The summed E-state index contributed by atoms with van der Waals surface area (Å²) in [5.41, 5.74) is 2.88. The summed E-state index contributed by atoms with van der Waals surface area (Å²) >= 11 is 0. The molecule has 0 atom stereocenters. The highest BCUT2D eigenvalue weighted by atomic mass is 15.2. The Hall–Kier alpha value is -0.960. The van der Waals surface area contributed by atoms with Crippen molar-refractivity contribution in [3.8, 4) is 0 Å². The molecule has 3 nitrogen and oxygen atoms in total. The van der Waals surface area contributed by atoms with Crippen LogP contribution in [0.4, 0.5) is 0 Å². The molecule has 0 spiro atoms. The fourth-order valence-corrected chi connectivity index (χ4v) is 1.60. The molecule has 0 saturated heterocycles. The van der Waals surface area contributed by atoms with Gasteiger partial charge in [-0.05, 0) is 31.9 Å². The van der Waals surface area contributed by atoms with E-state index in [0.29, 0.717) is 0 Å². The van der Waals surface area contributed by atoms with Gasteiger partial charge in [0, 0.05) is 18.6 Å². The minimum atomic E-state index is 0.235. The molecule has 13 heavy (non-hydrogen) atoms. The van der Waals surface area contributed by atoms with Gasteiger partial charge in [0.1, 0.15) is 0 Å². The maximum atomic E-state index is 3.90. The van der Waals surface area contributed by atoms with E-state index in [1.165, 1.54) is 11.1 Å². The summed E-state index contributed by atoms with van der Waals surface area (Å²) < 4.78 is 0. The Morgan fingerprint density at radius 1 is 1.08 bits per heavy atom. The van der Waals surface area contributed by atoms with Crippen LogP contribution in [0.2, 0.25) is 0 Å². The molecular weight excluding hydrogens is 162 g/mol. The number of nitrogens with zero attached hydrogens (tertiary/aromatic N) is 3. The molecule has 3 heteroatoms. The second kappa shape index (κ2) is 2.77. The van der Waals surface area contributed by atoms with E-state index < -0.39 is 0 Å². The minimum Gasteiger partial charge on any atom is -0.290 e. The maximum Gasteiger partial charge on any atom is 0.0544 e. The quantitative estimate of drug-likeness (QED) is 0.602. The Kier molecular flexibility index (Phi) is 1.84. The van der Waals surface area contributed by atoms with E-state index in [0.717, 1.165) is 13.1 Å². The van der Waals surface area contributed by atoms with E-state index in [2.05, 4.69) is 35.9 Å². The van der Waals surface area contributed by atoms with Crippen molar-refractivity contribution in [3.63, 3.8) is 0 Å². The molecule has 1 aromatic heterocycles. The molecule has 1 aliphatic heterocycles. The molecule has 1 aromatic rings. The van der Waals surface area contributed by atoms with Gasteiger partial charge >= 0.3 is 0 Å². The molecule has 0 radical (unpaired) electrons. The smallest absolute Gasteiger partial charge is 0.0544 e. The summed E-state index contributed by atoms with van der Waals surface area (Å²) in [7, 11) is 0. The summed E-state index contributed by atoms with van der Waals surface area (Å²) in [6.07, 6.45) is 3.75. The second-order valence-electron chi connectivity index (χ2n) is 4.57. The number of hydrogen-bond acceptors (Lipinski definition) is 3. The highest BCUT2D eigenvalue weighted by Crippen LogP contribution is 2.27. The van der Waals surface area contributed by atoms with Crippen LogP contribution in [0.25, 0.3) is 0 Å². The molecule has 0 aromatic carbocycles. The summed E-state index contributed by atoms with van der Waals surface area (Å²) in [6.45, 7) is 8.72. The number of rotatable bonds is 0.